The molecular formula is C23H19N3O2. The highest BCUT2D eigenvalue weighted by molar-refractivity contribution is 5.59. The molecule has 138 valence electrons. The zero-order valence-electron chi connectivity index (χ0n) is 15.2. The van der Waals surface area contributed by atoms with Crippen molar-refractivity contribution in [1.82, 2.24) is 15.2 Å². The van der Waals surface area contributed by atoms with Crippen molar-refractivity contribution in [3.05, 3.63) is 90.4 Å². The number of ether oxygens (including phenoxy) is 2. The van der Waals surface area contributed by atoms with E-state index in [2.05, 4.69) is 21.2 Å². The lowest BCUT2D eigenvalue weighted by Gasteiger charge is -2.14. The van der Waals surface area contributed by atoms with Gasteiger partial charge in [0.25, 0.3) is 0 Å². The van der Waals surface area contributed by atoms with Gasteiger partial charge >= 0.3 is 0 Å². The highest BCUT2D eigenvalue weighted by atomic mass is 16.5. The molecule has 5 rings (SSSR count). The van der Waals surface area contributed by atoms with E-state index < -0.39 is 0 Å². The number of fused-ring (bicyclic) bond motifs is 1. The van der Waals surface area contributed by atoms with Gasteiger partial charge < -0.3 is 9.47 Å². The number of nitrogens with one attached hydrogen (secondary N) is 1. The molecule has 1 unspecified atom stereocenters. The number of pyridine rings is 1. The van der Waals surface area contributed by atoms with Crippen molar-refractivity contribution in [3.63, 3.8) is 0 Å². The molecule has 1 aliphatic rings. The summed E-state index contributed by atoms with van der Waals surface area (Å²) >= 11 is 0. The lowest BCUT2D eigenvalue weighted by atomic mass is 10.1. The third-order valence-corrected chi connectivity index (χ3v) is 4.91. The third kappa shape index (κ3) is 3.34. The summed E-state index contributed by atoms with van der Waals surface area (Å²) in [6.07, 6.45) is 5.58. The Bertz CT molecular complexity index is 1060. The summed E-state index contributed by atoms with van der Waals surface area (Å²) in [4.78, 5) is 4.48. The highest BCUT2D eigenvalue weighted by Gasteiger charge is 2.25. The number of benzene rings is 2. The van der Waals surface area contributed by atoms with E-state index in [-0.39, 0.29) is 6.10 Å². The van der Waals surface area contributed by atoms with Crippen LogP contribution in [0.1, 0.15) is 23.8 Å². The molecule has 5 heteroatoms. The van der Waals surface area contributed by atoms with Crippen LogP contribution >= 0.6 is 0 Å². The molecule has 0 bridgehead atoms. The molecule has 1 aliphatic carbocycles. The summed E-state index contributed by atoms with van der Waals surface area (Å²) in [7, 11) is 0. The number of hydrogen-bond donors (Lipinski definition) is 1. The molecule has 0 spiro atoms. The van der Waals surface area contributed by atoms with Gasteiger partial charge in [0.15, 0.2) is 0 Å². The first-order valence-corrected chi connectivity index (χ1v) is 9.33. The van der Waals surface area contributed by atoms with E-state index in [4.69, 9.17) is 9.47 Å². The van der Waals surface area contributed by atoms with Gasteiger partial charge in [0.1, 0.15) is 23.4 Å². The first-order valence-electron chi connectivity index (χ1n) is 9.33. The van der Waals surface area contributed by atoms with Gasteiger partial charge in [0.2, 0.25) is 0 Å². The third-order valence-electron chi connectivity index (χ3n) is 4.91. The van der Waals surface area contributed by atoms with Crippen molar-refractivity contribution < 1.29 is 9.47 Å². The zero-order valence-corrected chi connectivity index (χ0v) is 15.2. The van der Waals surface area contributed by atoms with Crippen molar-refractivity contribution >= 4 is 0 Å². The van der Waals surface area contributed by atoms with Crippen molar-refractivity contribution in [2.75, 3.05) is 0 Å². The number of nitrogens with zero attached hydrogens (tertiary/aromatic N) is 2. The summed E-state index contributed by atoms with van der Waals surface area (Å²) in [6.45, 7) is 0. The fourth-order valence-electron chi connectivity index (χ4n) is 3.50. The van der Waals surface area contributed by atoms with Crippen molar-refractivity contribution in [2.45, 2.75) is 18.9 Å². The largest absolute Gasteiger partial charge is 0.484 e. The molecule has 0 radical (unpaired) electrons. The number of aromatic nitrogens is 3. The molecule has 0 saturated heterocycles. The minimum absolute atomic E-state index is 0.0259. The summed E-state index contributed by atoms with van der Waals surface area (Å²) in [5.41, 5.74) is 4.39. The van der Waals surface area contributed by atoms with Crippen LogP contribution in [-0.4, -0.2) is 15.2 Å². The predicted octanol–water partition coefficient (Wildman–Crippen LogP) is 5.33. The molecule has 0 amide bonds. The van der Waals surface area contributed by atoms with Crippen LogP contribution in [0.5, 0.6) is 17.2 Å². The Kier molecular flexibility index (Phi) is 4.26. The van der Waals surface area contributed by atoms with Crippen molar-refractivity contribution in [3.8, 4) is 28.5 Å². The molecule has 1 atom stereocenters. The Morgan fingerprint density at radius 2 is 1.57 bits per heavy atom. The molecule has 2 aromatic heterocycles. The van der Waals surface area contributed by atoms with Gasteiger partial charge in [0, 0.05) is 12.4 Å². The van der Waals surface area contributed by atoms with Crippen LogP contribution in [0.3, 0.4) is 0 Å². The quantitative estimate of drug-likeness (QED) is 0.516. The predicted molar refractivity (Wildman–Crippen MR) is 106 cm³/mol. The van der Waals surface area contributed by atoms with Gasteiger partial charge in [-0.1, -0.05) is 6.07 Å². The van der Waals surface area contributed by atoms with Gasteiger partial charge in [0.05, 0.1) is 11.4 Å². The van der Waals surface area contributed by atoms with Crippen LogP contribution < -0.4 is 9.47 Å². The normalized spacial score (nSPS) is 15.2. The lowest BCUT2D eigenvalue weighted by molar-refractivity contribution is 0.203. The van der Waals surface area contributed by atoms with Crippen molar-refractivity contribution in [1.29, 1.82) is 0 Å². The van der Waals surface area contributed by atoms with Gasteiger partial charge in [-0.2, -0.15) is 5.10 Å². The molecule has 28 heavy (non-hydrogen) atoms. The maximum Gasteiger partial charge on any atom is 0.141 e. The van der Waals surface area contributed by atoms with Gasteiger partial charge in [-0.15, -0.1) is 0 Å². The number of rotatable bonds is 5. The average molecular weight is 369 g/mol. The summed E-state index contributed by atoms with van der Waals surface area (Å²) in [5, 5.41) is 6.93. The topological polar surface area (TPSA) is 60.0 Å². The number of hydrogen-bond acceptors (Lipinski definition) is 4. The maximum atomic E-state index is 6.14. The number of aromatic amines is 1. The van der Waals surface area contributed by atoms with Crippen LogP contribution in [0.4, 0.5) is 0 Å². The summed E-state index contributed by atoms with van der Waals surface area (Å²) in [6, 6.07) is 21.7. The summed E-state index contributed by atoms with van der Waals surface area (Å²) in [5.74, 6) is 2.38. The number of H-pyrrole nitrogens is 1. The van der Waals surface area contributed by atoms with Crippen LogP contribution in [0.15, 0.2) is 79.1 Å². The first kappa shape index (κ1) is 16.6. The smallest absolute Gasteiger partial charge is 0.141 e. The Labute approximate surface area is 163 Å². The standard InChI is InChI=1S/C23H19N3O2/c1-2-17-5-12-22(23(17)24-14-1)28-20-10-8-19(9-11-20)27-18-6-3-16(4-7-18)21-13-15-25-26-21/h1-4,6-11,13-15,22H,5,12H2,(H,25,26). The molecule has 2 heterocycles. The van der Waals surface area contributed by atoms with E-state index in [9.17, 15) is 0 Å². The van der Waals surface area contributed by atoms with Crippen LogP contribution in [0.2, 0.25) is 0 Å². The molecule has 0 fully saturated rings. The lowest BCUT2D eigenvalue weighted by Crippen LogP contribution is -2.05. The van der Waals surface area contributed by atoms with E-state index in [0.29, 0.717) is 0 Å². The van der Waals surface area contributed by atoms with Crippen LogP contribution in [0, 0.1) is 0 Å². The Morgan fingerprint density at radius 3 is 2.32 bits per heavy atom. The molecule has 0 aliphatic heterocycles. The summed E-state index contributed by atoms with van der Waals surface area (Å²) < 4.78 is 12.1. The SMILES string of the molecule is c1cnc2c(c1)CCC2Oc1ccc(Oc2ccc(-c3ccn[nH]3)cc2)cc1. The average Bonchev–Trinajstić information content (AvgIpc) is 3.41. The first-order chi connectivity index (χ1) is 13.8. The fraction of sp³-hybridized carbons (Fsp3) is 0.130. The minimum Gasteiger partial charge on any atom is -0.484 e. The van der Waals surface area contributed by atoms with Crippen LogP contribution in [-0.2, 0) is 6.42 Å². The zero-order chi connectivity index (χ0) is 18.8. The second-order valence-electron chi connectivity index (χ2n) is 6.76. The van der Waals surface area contributed by atoms with Gasteiger partial charge in [-0.3, -0.25) is 10.1 Å². The van der Waals surface area contributed by atoms with E-state index in [1.807, 2.05) is 66.9 Å². The number of aryl methyl sites for hydroxylation is 1. The molecule has 2 aromatic carbocycles. The van der Waals surface area contributed by atoms with E-state index in [1.165, 1.54) is 5.56 Å². The second-order valence-corrected chi connectivity index (χ2v) is 6.76. The van der Waals surface area contributed by atoms with Crippen molar-refractivity contribution in [2.24, 2.45) is 0 Å². The van der Waals surface area contributed by atoms with Crippen LogP contribution in [0.25, 0.3) is 11.3 Å². The van der Waals surface area contributed by atoms with Gasteiger partial charge in [-0.25, -0.2) is 0 Å². The Morgan fingerprint density at radius 1 is 0.821 bits per heavy atom. The molecule has 1 N–H and O–H groups in total. The van der Waals surface area contributed by atoms with E-state index in [1.54, 1.807) is 6.20 Å². The molecule has 4 aromatic rings. The van der Waals surface area contributed by atoms with Gasteiger partial charge in [-0.05, 0) is 84.6 Å². The molecular weight excluding hydrogens is 350 g/mol. The highest BCUT2D eigenvalue weighted by Crippen LogP contribution is 2.34. The molecule has 5 nitrogen and oxygen atoms in total. The van der Waals surface area contributed by atoms with E-state index in [0.717, 1.165) is 47.0 Å². The minimum atomic E-state index is 0.0259. The molecule has 0 saturated carbocycles. The fourth-order valence-corrected chi connectivity index (χ4v) is 3.50. The monoisotopic (exact) mass is 369 g/mol. The second kappa shape index (κ2) is 7.19. The maximum absolute atomic E-state index is 6.14. The Hall–Kier alpha value is -3.60. The van der Waals surface area contributed by atoms with E-state index >= 15 is 0 Å². The Balaban J connectivity index is 1.24.